The summed E-state index contributed by atoms with van der Waals surface area (Å²) in [6, 6.07) is 11.6. The molecule has 0 aromatic heterocycles. The van der Waals surface area contributed by atoms with E-state index < -0.39 is 0 Å². The van der Waals surface area contributed by atoms with Gasteiger partial charge in [0.25, 0.3) is 0 Å². The van der Waals surface area contributed by atoms with E-state index in [-0.39, 0.29) is 6.61 Å². The Morgan fingerprint density at radius 2 is 1.90 bits per heavy atom. The Hall–Kier alpha value is -1.82. The highest BCUT2D eigenvalue weighted by atomic mass is 35.5. The highest BCUT2D eigenvalue weighted by molar-refractivity contribution is 6.35. The first-order chi connectivity index (χ1) is 10.1. The Bertz CT molecular complexity index is 660. The van der Waals surface area contributed by atoms with Gasteiger partial charge in [-0.05, 0) is 31.2 Å². The number of terminal acetylenes is 1. The molecule has 0 radical (unpaired) electrons. The minimum atomic E-state index is 0.166. The van der Waals surface area contributed by atoms with E-state index in [1.165, 1.54) is 5.56 Å². The average Bonchev–Trinajstić information content (AvgIpc) is 2.45. The topological polar surface area (TPSA) is 21.3 Å². The van der Waals surface area contributed by atoms with Gasteiger partial charge in [-0.2, -0.15) is 0 Å². The van der Waals surface area contributed by atoms with Crippen LogP contribution in [0.1, 0.15) is 11.1 Å². The maximum absolute atomic E-state index is 6.17. The van der Waals surface area contributed by atoms with Gasteiger partial charge >= 0.3 is 0 Å². The van der Waals surface area contributed by atoms with Crippen molar-refractivity contribution in [2.75, 3.05) is 11.9 Å². The Labute approximate surface area is 135 Å². The quantitative estimate of drug-likeness (QED) is 0.789. The second-order valence-electron chi connectivity index (χ2n) is 4.59. The summed E-state index contributed by atoms with van der Waals surface area (Å²) in [6.45, 7) is 2.76. The Kier molecular flexibility index (Phi) is 5.38. The monoisotopic (exact) mass is 319 g/mol. The van der Waals surface area contributed by atoms with Gasteiger partial charge in [0.2, 0.25) is 0 Å². The molecule has 0 amide bonds. The van der Waals surface area contributed by atoms with E-state index in [4.69, 9.17) is 34.4 Å². The molecule has 0 spiro atoms. The van der Waals surface area contributed by atoms with Crippen LogP contribution in [0.25, 0.3) is 0 Å². The van der Waals surface area contributed by atoms with E-state index in [9.17, 15) is 0 Å². The minimum absolute atomic E-state index is 0.166. The van der Waals surface area contributed by atoms with E-state index in [2.05, 4.69) is 11.2 Å². The number of halogens is 2. The first-order valence-corrected chi connectivity index (χ1v) is 7.20. The first kappa shape index (κ1) is 15.6. The molecule has 4 heteroatoms. The zero-order chi connectivity index (χ0) is 15.2. The van der Waals surface area contributed by atoms with Gasteiger partial charge in [-0.3, -0.25) is 0 Å². The summed E-state index contributed by atoms with van der Waals surface area (Å²) in [5, 5.41) is 4.33. The number of rotatable bonds is 5. The lowest BCUT2D eigenvalue weighted by Gasteiger charge is -2.14. The van der Waals surface area contributed by atoms with Crippen LogP contribution in [0.3, 0.4) is 0 Å². The lowest BCUT2D eigenvalue weighted by atomic mass is 10.2. The maximum Gasteiger partial charge on any atom is 0.148 e. The van der Waals surface area contributed by atoms with Crippen LogP contribution in [0, 0.1) is 19.3 Å². The van der Waals surface area contributed by atoms with E-state index >= 15 is 0 Å². The van der Waals surface area contributed by atoms with Gasteiger partial charge in [-0.1, -0.05) is 46.8 Å². The van der Waals surface area contributed by atoms with Crippen LogP contribution in [-0.4, -0.2) is 6.61 Å². The van der Waals surface area contributed by atoms with Gasteiger partial charge in [0, 0.05) is 22.8 Å². The van der Waals surface area contributed by atoms with Crippen LogP contribution < -0.4 is 10.1 Å². The van der Waals surface area contributed by atoms with Crippen molar-refractivity contribution in [2.45, 2.75) is 13.5 Å². The van der Waals surface area contributed by atoms with Crippen LogP contribution in [0.5, 0.6) is 5.75 Å². The molecule has 2 nitrogen and oxygen atoms in total. The Morgan fingerprint density at radius 3 is 2.57 bits per heavy atom. The Morgan fingerprint density at radius 1 is 1.19 bits per heavy atom. The second-order valence-corrected chi connectivity index (χ2v) is 5.43. The number of hydrogen-bond donors (Lipinski definition) is 1. The SMILES string of the molecule is C#CCOc1c(Cl)cc(Cl)cc1CNc1ccc(C)cc1. The molecule has 0 atom stereocenters. The zero-order valence-corrected chi connectivity index (χ0v) is 13.1. The normalized spacial score (nSPS) is 10.0. The van der Waals surface area contributed by atoms with Gasteiger partial charge in [0.05, 0.1) is 5.02 Å². The van der Waals surface area contributed by atoms with Crippen molar-refractivity contribution in [3.8, 4) is 18.1 Å². The summed E-state index contributed by atoms with van der Waals surface area (Å²) >= 11 is 12.2. The van der Waals surface area contributed by atoms with Crippen molar-refractivity contribution >= 4 is 28.9 Å². The van der Waals surface area contributed by atoms with Gasteiger partial charge in [0.1, 0.15) is 12.4 Å². The van der Waals surface area contributed by atoms with Crippen LogP contribution in [0.4, 0.5) is 5.69 Å². The molecule has 0 aliphatic heterocycles. The molecular formula is C17H15Cl2NO. The molecule has 0 fully saturated rings. The third-order valence-corrected chi connectivity index (χ3v) is 3.42. The summed E-state index contributed by atoms with van der Waals surface area (Å²) in [4.78, 5) is 0. The van der Waals surface area contributed by atoms with E-state index in [0.29, 0.717) is 22.3 Å². The fraction of sp³-hybridized carbons (Fsp3) is 0.176. The molecule has 2 rings (SSSR count). The average molecular weight is 320 g/mol. The fourth-order valence-electron chi connectivity index (χ4n) is 1.89. The molecule has 0 heterocycles. The zero-order valence-electron chi connectivity index (χ0n) is 11.6. The number of benzene rings is 2. The number of ether oxygens (including phenoxy) is 1. The summed E-state index contributed by atoms with van der Waals surface area (Å²) in [6.07, 6.45) is 5.23. The molecule has 0 saturated heterocycles. The molecule has 0 bridgehead atoms. The van der Waals surface area contributed by atoms with Crippen molar-refractivity contribution in [1.82, 2.24) is 0 Å². The van der Waals surface area contributed by atoms with Crippen LogP contribution >= 0.6 is 23.2 Å². The summed E-state index contributed by atoms with van der Waals surface area (Å²) < 4.78 is 5.51. The highest BCUT2D eigenvalue weighted by Gasteiger charge is 2.10. The second kappa shape index (κ2) is 7.26. The smallest absolute Gasteiger partial charge is 0.148 e. The molecule has 2 aromatic carbocycles. The van der Waals surface area contributed by atoms with Crippen LogP contribution in [0.2, 0.25) is 10.0 Å². The van der Waals surface area contributed by atoms with E-state index in [1.54, 1.807) is 6.07 Å². The molecule has 0 aliphatic carbocycles. The standard InChI is InChI=1S/C17H15Cl2NO/c1-3-8-21-17-13(9-14(18)10-16(17)19)11-20-15-6-4-12(2)5-7-15/h1,4-7,9-10,20H,8,11H2,2H3. The predicted molar refractivity (Wildman–Crippen MR) is 89.3 cm³/mol. The number of aryl methyl sites for hydroxylation is 1. The molecule has 0 saturated carbocycles. The van der Waals surface area contributed by atoms with Gasteiger partial charge < -0.3 is 10.1 Å². The lowest BCUT2D eigenvalue weighted by Crippen LogP contribution is -2.04. The number of anilines is 1. The van der Waals surface area contributed by atoms with E-state index in [0.717, 1.165) is 11.3 Å². The van der Waals surface area contributed by atoms with Crippen molar-refractivity contribution in [2.24, 2.45) is 0 Å². The van der Waals surface area contributed by atoms with Gasteiger partial charge in [0.15, 0.2) is 0 Å². The molecule has 108 valence electrons. The van der Waals surface area contributed by atoms with Gasteiger partial charge in [-0.15, -0.1) is 6.42 Å². The summed E-state index contributed by atoms with van der Waals surface area (Å²) in [5.74, 6) is 3.00. The van der Waals surface area contributed by atoms with Gasteiger partial charge in [-0.25, -0.2) is 0 Å². The first-order valence-electron chi connectivity index (χ1n) is 6.45. The van der Waals surface area contributed by atoms with Crippen molar-refractivity contribution in [1.29, 1.82) is 0 Å². The van der Waals surface area contributed by atoms with Crippen LogP contribution in [-0.2, 0) is 6.54 Å². The molecule has 21 heavy (non-hydrogen) atoms. The fourth-order valence-corrected chi connectivity index (χ4v) is 2.48. The van der Waals surface area contributed by atoms with Crippen molar-refractivity contribution in [3.05, 3.63) is 57.6 Å². The summed E-state index contributed by atoms with van der Waals surface area (Å²) in [7, 11) is 0. The predicted octanol–water partition coefficient (Wildman–Crippen LogP) is 4.93. The highest BCUT2D eigenvalue weighted by Crippen LogP contribution is 2.33. The molecular weight excluding hydrogens is 305 g/mol. The molecule has 2 aromatic rings. The minimum Gasteiger partial charge on any atom is -0.479 e. The molecule has 1 N–H and O–H groups in total. The maximum atomic E-state index is 6.17. The lowest BCUT2D eigenvalue weighted by molar-refractivity contribution is 0.367. The Balaban J connectivity index is 2.18. The number of nitrogens with one attached hydrogen (secondary N) is 1. The van der Waals surface area contributed by atoms with Crippen molar-refractivity contribution < 1.29 is 4.74 Å². The molecule has 0 unspecified atom stereocenters. The molecule has 0 aliphatic rings. The third-order valence-electron chi connectivity index (χ3n) is 2.92. The third kappa shape index (κ3) is 4.32. The summed E-state index contributed by atoms with van der Waals surface area (Å²) in [5.41, 5.74) is 3.09. The van der Waals surface area contributed by atoms with E-state index in [1.807, 2.05) is 37.3 Å². The van der Waals surface area contributed by atoms with Crippen LogP contribution in [0.15, 0.2) is 36.4 Å². The number of hydrogen-bond acceptors (Lipinski definition) is 2. The largest absolute Gasteiger partial charge is 0.479 e. The van der Waals surface area contributed by atoms with Crippen molar-refractivity contribution in [3.63, 3.8) is 0 Å².